The zero-order valence-electron chi connectivity index (χ0n) is 38.2. The van der Waals surface area contributed by atoms with Gasteiger partial charge in [0.05, 0.1) is 35.5 Å². The van der Waals surface area contributed by atoms with Gasteiger partial charge in [0, 0.05) is 24.0 Å². The maximum Gasteiger partial charge on any atom is 0.408 e. The highest BCUT2D eigenvalue weighted by molar-refractivity contribution is 7.91. The lowest BCUT2D eigenvalue weighted by Gasteiger charge is -2.33. The second kappa shape index (κ2) is 17.8. The van der Waals surface area contributed by atoms with Crippen molar-refractivity contribution >= 4 is 44.9 Å². The minimum Gasteiger partial charge on any atom is -0.497 e. The summed E-state index contributed by atoms with van der Waals surface area (Å²) in [5.74, 6) is -1.35. The molecule has 64 heavy (non-hydrogen) atoms. The van der Waals surface area contributed by atoms with E-state index in [0.29, 0.717) is 59.5 Å². The van der Waals surface area contributed by atoms with E-state index in [-0.39, 0.29) is 43.2 Å². The van der Waals surface area contributed by atoms with Gasteiger partial charge in [-0.15, -0.1) is 0 Å². The van der Waals surface area contributed by atoms with Crippen LogP contribution < -0.4 is 29.6 Å². The van der Waals surface area contributed by atoms with Gasteiger partial charge in [-0.25, -0.2) is 23.2 Å². The molecule has 0 radical (unpaired) electrons. The molecular weight excluding hydrogens is 841 g/mol. The molecule has 3 heterocycles. The van der Waals surface area contributed by atoms with Crippen LogP contribution in [0.3, 0.4) is 0 Å². The minimum absolute atomic E-state index is 0.0287. The molecule has 2 aliphatic carbocycles. The van der Waals surface area contributed by atoms with E-state index < -0.39 is 73.8 Å². The Bertz CT molecular complexity index is 2410. The van der Waals surface area contributed by atoms with Crippen molar-refractivity contribution in [3.05, 3.63) is 54.6 Å². The second-order valence-electron chi connectivity index (χ2n) is 19.5. The molecule has 346 valence electrons. The Kier molecular flexibility index (Phi) is 13.0. The SMILES string of the molecule is COc1ccc2nc(O[C@@H]3C[C@H]4C(=O)N[C@]5(C(=O)NS(=O)(=O)C6(C)CC6)CC5/C=C\CC[C@@H](C)C[C@@H](C)[C@H](NC(=O)OC(C)(C)C)C(=O)N4C3)c(-c3ccc(OC(C)C)cc3)nc2c1. The molecule has 1 aromatic heterocycles. The van der Waals surface area contributed by atoms with Gasteiger partial charge in [0.25, 0.3) is 5.91 Å². The van der Waals surface area contributed by atoms with Gasteiger partial charge in [-0.3, -0.25) is 19.1 Å². The molecule has 0 bridgehead atoms. The van der Waals surface area contributed by atoms with Crippen LogP contribution in [0.15, 0.2) is 54.6 Å². The van der Waals surface area contributed by atoms with E-state index in [1.165, 1.54) is 4.90 Å². The number of hydrogen-bond acceptors (Lipinski definition) is 12. The summed E-state index contributed by atoms with van der Waals surface area (Å²) in [4.78, 5) is 68.6. The molecule has 7 atom stereocenters. The average Bonchev–Trinajstić information content (AvgIpc) is 4.10. The Hall–Kier alpha value is -5.45. The van der Waals surface area contributed by atoms with Crippen LogP contribution in [-0.4, -0.2) is 101 Å². The number of hydrogen-bond donors (Lipinski definition) is 3. The molecule has 16 nitrogen and oxygen atoms in total. The molecule has 1 saturated heterocycles. The fraction of sp³-hybridized carbons (Fsp3) is 0.574. The molecular formula is C47H62N6O10S. The molecule has 17 heteroatoms. The second-order valence-corrected chi connectivity index (χ2v) is 21.7. The molecule has 3 fully saturated rings. The monoisotopic (exact) mass is 902 g/mol. The number of benzene rings is 2. The average molecular weight is 903 g/mol. The van der Waals surface area contributed by atoms with Gasteiger partial charge >= 0.3 is 6.09 Å². The summed E-state index contributed by atoms with van der Waals surface area (Å²) in [7, 11) is -2.47. The maximum absolute atomic E-state index is 15.1. The molecule has 3 N–H and O–H groups in total. The Morgan fingerprint density at radius 1 is 0.984 bits per heavy atom. The topological polar surface area (TPSA) is 204 Å². The normalized spacial score (nSPS) is 27.5. The third kappa shape index (κ3) is 10.2. The van der Waals surface area contributed by atoms with Crippen LogP contribution in [0.25, 0.3) is 22.3 Å². The lowest BCUT2D eigenvalue weighted by molar-refractivity contribution is -0.142. The summed E-state index contributed by atoms with van der Waals surface area (Å²) >= 11 is 0. The first kappa shape index (κ1) is 46.5. The van der Waals surface area contributed by atoms with Crippen LogP contribution in [0.2, 0.25) is 0 Å². The van der Waals surface area contributed by atoms with E-state index in [2.05, 4.69) is 22.3 Å². The van der Waals surface area contributed by atoms with Crippen LogP contribution in [0, 0.1) is 17.8 Å². The van der Waals surface area contributed by atoms with E-state index in [9.17, 15) is 22.8 Å². The molecule has 7 rings (SSSR count). The van der Waals surface area contributed by atoms with E-state index in [0.717, 1.165) is 6.42 Å². The first-order valence-corrected chi connectivity index (χ1v) is 23.7. The van der Waals surface area contributed by atoms with Gasteiger partial charge in [0.1, 0.15) is 46.5 Å². The smallest absolute Gasteiger partial charge is 0.408 e. The zero-order valence-corrected chi connectivity index (χ0v) is 39.0. The number of amides is 4. The summed E-state index contributed by atoms with van der Waals surface area (Å²) < 4.78 is 51.6. The largest absolute Gasteiger partial charge is 0.497 e. The van der Waals surface area contributed by atoms with Crippen molar-refractivity contribution in [2.24, 2.45) is 17.8 Å². The first-order valence-electron chi connectivity index (χ1n) is 22.3. The number of fused-ring (bicyclic) bond motifs is 3. The number of nitrogens with zero attached hydrogens (tertiary/aromatic N) is 3. The molecule has 2 aliphatic heterocycles. The number of ether oxygens (including phenoxy) is 4. The number of methoxy groups -OCH3 is 1. The van der Waals surface area contributed by atoms with Crippen LogP contribution >= 0.6 is 0 Å². The van der Waals surface area contributed by atoms with E-state index in [1.54, 1.807) is 53.0 Å². The number of carbonyl (C=O) groups is 4. The van der Waals surface area contributed by atoms with Gasteiger partial charge in [0.15, 0.2) is 0 Å². The molecule has 4 amide bonds. The molecule has 2 saturated carbocycles. The third-order valence-electron chi connectivity index (χ3n) is 12.5. The molecule has 1 unspecified atom stereocenters. The summed E-state index contributed by atoms with van der Waals surface area (Å²) in [6, 6.07) is 10.3. The van der Waals surface area contributed by atoms with Gasteiger partial charge in [-0.1, -0.05) is 26.0 Å². The Labute approximate surface area is 375 Å². The lowest BCUT2D eigenvalue weighted by Crippen LogP contribution is -2.59. The van der Waals surface area contributed by atoms with Crippen LogP contribution in [0.1, 0.15) is 100 Å². The van der Waals surface area contributed by atoms with Crippen molar-refractivity contribution < 1.29 is 46.5 Å². The van der Waals surface area contributed by atoms with Crippen molar-refractivity contribution in [3.8, 4) is 28.6 Å². The number of sulfonamides is 1. The number of carbonyl (C=O) groups excluding carboxylic acids is 4. The van der Waals surface area contributed by atoms with Crippen LogP contribution in [0.4, 0.5) is 4.79 Å². The minimum atomic E-state index is -4.04. The predicted octanol–water partition coefficient (Wildman–Crippen LogP) is 6.22. The number of alkyl carbamates (subject to hydrolysis) is 1. The van der Waals surface area contributed by atoms with Crippen molar-refractivity contribution in [3.63, 3.8) is 0 Å². The maximum atomic E-state index is 15.1. The number of rotatable bonds is 10. The Morgan fingerprint density at radius 3 is 2.34 bits per heavy atom. The predicted molar refractivity (Wildman–Crippen MR) is 240 cm³/mol. The Balaban J connectivity index is 1.26. The van der Waals surface area contributed by atoms with Gasteiger partial charge in [-0.05, 0) is 128 Å². The number of aromatic nitrogens is 2. The third-order valence-corrected chi connectivity index (χ3v) is 14.7. The Morgan fingerprint density at radius 2 is 1.69 bits per heavy atom. The van der Waals surface area contributed by atoms with Gasteiger partial charge in [-0.2, -0.15) is 0 Å². The highest BCUT2D eigenvalue weighted by Crippen LogP contribution is 2.48. The van der Waals surface area contributed by atoms with Crippen molar-refractivity contribution in [1.82, 2.24) is 30.2 Å². The highest BCUT2D eigenvalue weighted by atomic mass is 32.2. The fourth-order valence-corrected chi connectivity index (χ4v) is 9.88. The van der Waals surface area contributed by atoms with E-state index in [4.69, 9.17) is 28.9 Å². The number of nitrogens with one attached hydrogen (secondary N) is 3. The fourth-order valence-electron chi connectivity index (χ4n) is 8.57. The zero-order chi connectivity index (χ0) is 46.4. The molecule has 3 aromatic rings. The van der Waals surface area contributed by atoms with E-state index in [1.807, 2.05) is 57.2 Å². The van der Waals surface area contributed by atoms with Gasteiger partial charge < -0.3 is 34.5 Å². The van der Waals surface area contributed by atoms with Crippen molar-refractivity contribution in [2.75, 3.05) is 13.7 Å². The summed E-state index contributed by atoms with van der Waals surface area (Å²) in [6.45, 7) is 14.5. The van der Waals surface area contributed by atoms with Crippen molar-refractivity contribution in [2.45, 2.75) is 141 Å². The van der Waals surface area contributed by atoms with Crippen LogP contribution in [0.5, 0.6) is 17.4 Å². The first-order chi connectivity index (χ1) is 30.1. The summed E-state index contributed by atoms with van der Waals surface area (Å²) in [5.41, 5.74) is -0.289. The summed E-state index contributed by atoms with van der Waals surface area (Å²) in [5, 5.41) is 5.76. The standard InChI is InChI=1S/C47H62N6O10S/c1-27(2)61-32-16-14-30(15-17-32)39-41(49-35-19-18-33(60-9)23-36(35)48-39)62-34-24-37-40(54)51-47(43(56)52-64(58,59)46(8)20-21-46)25-31(47)13-11-10-12-28(3)22-29(4)38(42(55)53(37)26-34)50-44(57)63-45(5,6)7/h11,13-19,23,27-29,31,34,37-38H,10,12,20-22,24-26H2,1-9H3,(H,50,57)(H,51,54)(H,52,56)/b13-11-/t28-,29-,31?,34-,37+,38+,47-/m1/s1. The molecule has 4 aliphatic rings. The highest BCUT2D eigenvalue weighted by Gasteiger charge is 2.63. The molecule has 2 aromatic carbocycles. The van der Waals surface area contributed by atoms with E-state index >= 15 is 4.79 Å². The summed E-state index contributed by atoms with van der Waals surface area (Å²) in [6.07, 6.45) is 5.14. The van der Waals surface area contributed by atoms with Crippen molar-refractivity contribution in [1.29, 1.82) is 0 Å². The quantitative estimate of drug-likeness (QED) is 0.194. The lowest BCUT2D eigenvalue weighted by atomic mass is 9.88. The molecule has 0 spiro atoms. The number of allylic oxidation sites excluding steroid dienone is 1. The van der Waals surface area contributed by atoms with Gasteiger partial charge in [0.2, 0.25) is 27.7 Å². The van der Waals surface area contributed by atoms with Crippen LogP contribution in [-0.2, 0) is 29.1 Å².